The third-order valence-corrected chi connectivity index (χ3v) is 3.52. The molecule has 0 aliphatic carbocycles. The lowest BCUT2D eigenvalue weighted by Crippen LogP contribution is -2.34. The summed E-state index contributed by atoms with van der Waals surface area (Å²) in [6.07, 6.45) is 1.19. The molecule has 1 atom stereocenters. The first-order valence-corrected chi connectivity index (χ1v) is 6.98. The van der Waals surface area contributed by atoms with E-state index in [9.17, 15) is 0 Å². The lowest BCUT2D eigenvalue weighted by Gasteiger charge is -2.20. The highest BCUT2D eigenvalue weighted by Crippen LogP contribution is 2.26. The monoisotopic (exact) mass is 269 g/mol. The molecule has 102 valence electrons. The van der Waals surface area contributed by atoms with E-state index in [-0.39, 0.29) is 6.10 Å². The second-order valence-corrected chi connectivity index (χ2v) is 5.46. The van der Waals surface area contributed by atoms with E-state index in [4.69, 9.17) is 16.3 Å². The van der Waals surface area contributed by atoms with Crippen LogP contribution in [-0.2, 0) is 0 Å². The Hall–Kier alpha value is -0.730. The van der Waals surface area contributed by atoms with Crippen molar-refractivity contribution in [3.8, 4) is 5.75 Å². The van der Waals surface area contributed by atoms with Gasteiger partial charge in [-0.15, -0.1) is 0 Å². The minimum Gasteiger partial charge on any atom is -0.489 e. The molecule has 3 heteroatoms. The van der Waals surface area contributed by atoms with Gasteiger partial charge in [0.05, 0.1) is 0 Å². The fourth-order valence-corrected chi connectivity index (χ4v) is 1.91. The van der Waals surface area contributed by atoms with Gasteiger partial charge >= 0.3 is 0 Å². The number of hydrogen-bond acceptors (Lipinski definition) is 2. The van der Waals surface area contributed by atoms with E-state index in [1.807, 2.05) is 26.0 Å². The molecule has 0 aromatic heterocycles. The first-order chi connectivity index (χ1) is 8.43. The van der Waals surface area contributed by atoms with Crippen molar-refractivity contribution in [2.24, 2.45) is 0 Å². The number of aryl methyl sites for hydroxylation is 2. The SMILES string of the molecule is CCC(CNC(C)C)Oc1cc(C)c(Cl)c(C)c1. The van der Waals surface area contributed by atoms with Crippen molar-refractivity contribution in [3.05, 3.63) is 28.3 Å². The van der Waals surface area contributed by atoms with Crippen LogP contribution in [0.5, 0.6) is 5.75 Å². The predicted molar refractivity (Wildman–Crippen MR) is 78.8 cm³/mol. The van der Waals surface area contributed by atoms with Gasteiger partial charge in [0, 0.05) is 17.6 Å². The first kappa shape index (κ1) is 15.3. The molecule has 1 aromatic rings. The third kappa shape index (κ3) is 4.51. The zero-order valence-corrected chi connectivity index (χ0v) is 12.8. The summed E-state index contributed by atoms with van der Waals surface area (Å²) >= 11 is 6.15. The van der Waals surface area contributed by atoms with Gasteiger partial charge < -0.3 is 10.1 Å². The van der Waals surface area contributed by atoms with Gasteiger partial charge in [0.25, 0.3) is 0 Å². The van der Waals surface area contributed by atoms with Crippen molar-refractivity contribution >= 4 is 11.6 Å². The van der Waals surface area contributed by atoms with E-state index in [1.54, 1.807) is 0 Å². The van der Waals surface area contributed by atoms with Gasteiger partial charge in [0.15, 0.2) is 0 Å². The first-order valence-electron chi connectivity index (χ1n) is 6.60. The Bertz CT molecular complexity index is 367. The van der Waals surface area contributed by atoms with Crippen LogP contribution in [0.2, 0.25) is 5.02 Å². The van der Waals surface area contributed by atoms with Crippen LogP contribution in [0.25, 0.3) is 0 Å². The number of hydrogen-bond donors (Lipinski definition) is 1. The molecule has 0 aliphatic heterocycles. The molecule has 1 N–H and O–H groups in total. The molecular formula is C15H24ClNO. The highest BCUT2D eigenvalue weighted by Gasteiger charge is 2.10. The highest BCUT2D eigenvalue weighted by atomic mass is 35.5. The van der Waals surface area contributed by atoms with E-state index >= 15 is 0 Å². The molecule has 0 aliphatic rings. The topological polar surface area (TPSA) is 21.3 Å². The van der Waals surface area contributed by atoms with Gasteiger partial charge in [-0.25, -0.2) is 0 Å². The van der Waals surface area contributed by atoms with Crippen molar-refractivity contribution in [1.82, 2.24) is 5.32 Å². The zero-order valence-electron chi connectivity index (χ0n) is 12.0. The maximum Gasteiger partial charge on any atom is 0.120 e. The molecule has 1 rings (SSSR count). The summed E-state index contributed by atoms with van der Waals surface area (Å²) in [5, 5.41) is 4.24. The van der Waals surface area contributed by atoms with Crippen LogP contribution < -0.4 is 10.1 Å². The summed E-state index contributed by atoms with van der Waals surface area (Å²) in [5.41, 5.74) is 2.14. The van der Waals surface area contributed by atoms with Crippen LogP contribution in [0.4, 0.5) is 0 Å². The molecule has 1 unspecified atom stereocenters. The van der Waals surface area contributed by atoms with Gasteiger partial charge in [0.2, 0.25) is 0 Å². The summed E-state index contributed by atoms with van der Waals surface area (Å²) in [6.45, 7) is 11.3. The summed E-state index contributed by atoms with van der Waals surface area (Å²) in [4.78, 5) is 0. The molecule has 0 saturated heterocycles. The van der Waals surface area contributed by atoms with Crippen LogP contribution in [0.15, 0.2) is 12.1 Å². The number of ether oxygens (including phenoxy) is 1. The minimum absolute atomic E-state index is 0.201. The van der Waals surface area contributed by atoms with E-state index < -0.39 is 0 Å². The third-order valence-electron chi connectivity index (χ3n) is 2.92. The normalized spacial score (nSPS) is 12.8. The number of nitrogens with one attached hydrogen (secondary N) is 1. The molecule has 0 bridgehead atoms. The molecule has 0 saturated carbocycles. The van der Waals surface area contributed by atoms with Crippen LogP contribution in [-0.4, -0.2) is 18.7 Å². The van der Waals surface area contributed by atoms with E-state index in [1.165, 1.54) is 0 Å². The Morgan fingerprint density at radius 2 is 1.78 bits per heavy atom. The van der Waals surface area contributed by atoms with Crippen molar-refractivity contribution in [1.29, 1.82) is 0 Å². The van der Waals surface area contributed by atoms with E-state index in [2.05, 4.69) is 26.1 Å². The van der Waals surface area contributed by atoms with Gasteiger partial charge in [0.1, 0.15) is 11.9 Å². The predicted octanol–water partition coefficient (Wildman–Crippen LogP) is 4.11. The average Bonchev–Trinajstić information content (AvgIpc) is 2.31. The highest BCUT2D eigenvalue weighted by molar-refractivity contribution is 6.32. The lowest BCUT2D eigenvalue weighted by atomic mass is 10.1. The summed E-state index contributed by atoms with van der Waals surface area (Å²) in [7, 11) is 0. The second-order valence-electron chi connectivity index (χ2n) is 5.08. The van der Waals surface area contributed by atoms with E-state index in [0.29, 0.717) is 6.04 Å². The Morgan fingerprint density at radius 3 is 2.22 bits per heavy atom. The molecule has 2 nitrogen and oxygen atoms in total. The molecule has 1 aromatic carbocycles. The van der Waals surface area contributed by atoms with Crippen molar-refractivity contribution in [3.63, 3.8) is 0 Å². The van der Waals surface area contributed by atoms with Gasteiger partial charge in [-0.05, 0) is 43.5 Å². The van der Waals surface area contributed by atoms with Gasteiger partial charge in [-0.3, -0.25) is 0 Å². The lowest BCUT2D eigenvalue weighted by molar-refractivity contribution is 0.190. The second kappa shape index (κ2) is 7.01. The van der Waals surface area contributed by atoms with Crippen LogP contribution >= 0.6 is 11.6 Å². The average molecular weight is 270 g/mol. The summed E-state index contributed by atoms with van der Waals surface area (Å²) in [6, 6.07) is 4.50. The Morgan fingerprint density at radius 1 is 1.22 bits per heavy atom. The standard InChI is InChI=1S/C15H24ClNO/c1-6-13(9-17-10(2)3)18-14-7-11(4)15(16)12(5)8-14/h7-8,10,13,17H,6,9H2,1-5H3. The Balaban J connectivity index is 2.70. The quantitative estimate of drug-likeness (QED) is 0.839. The fourth-order valence-electron chi connectivity index (χ4n) is 1.80. The molecule has 0 heterocycles. The van der Waals surface area contributed by atoms with Crippen LogP contribution in [0, 0.1) is 13.8 Å². The number of benzene rings is 1. The van der Waals surface area contributed by atoms with Crippen molar-refractivity contribution in [2.75, 3.05) is 6.54 Å². The molecular weight excluding hydrogens is 246 g/mol. The zero-order chi connectivity index (χ0) is 13.7. The van der Waals surface area contributed by atoms with Gasteiger partial charge in [-0.2, -0.15) is 0 Å². The molecule has 18 heavy (non-hydrogen) atoms. The summed E-state index contributed by atoms with van der Waals surface area (Å²) < 4.78 is 6.01. The number of rotatable bonds is 6. The fraction of sp³-hybridized carbons (Fsp3) is 0.600. The maximum absolute atomic E-state index is 6.15. The largest absolute Gasteiger partial charge is 0.489 e. The van der Waals surface area contributed by atoms with Crippen molar-refractivity contribution in [2.45, 2.75) is 53.2 Å². The van der Waals surface area contributed by atoms with Crippen molar-refractivity contribution < 1.29 is 4.74 Å². The molecule has 0 radical (unpaired) electrons. The van der Waals surface area contributed by atoms with Crippen LogP contribution in [0.1, 0.15) is 38.3 Å². The minimum atomic E-state index is 0.201. The Labute approximate surface area is 116 Å². The maximum atomic E-state index is 6.15. The van der Waals surface area contributed by atoms with Crippen LogP contribution in [0.3, 0.4) is 0 Å². The Kier molecular flexibility index (Phi) is 5.97. The smallest absolute Gasteiger partial charge is 0.120 e. The van der Waals surface area contributed by atoms with Gasteiger partial charge in [-0.1, -0.05) is 32.4 Å². The molecule has 0 amide bonds. The van der Waals surface area contributed by atoms with E-state index in [0.717, 1.165) is 34.9 Å². The number of halogens is 1. The summed E-state index contributed by atoms with van der Waals surface area (Å²) in [5.74, 6) is 0.909. The molecule has 0 spiro atoms. The molecule has 0 fully saturated rings.